The van der Waals surface area contributed by atoms with E-state index in [1.807, 2.05) is 6.07 Å². The zero-order chi connectivity index (χ0) is 18.2. The fourth-order valence-corrected chi connectivity index (χ4v) is 3.05. The van der Waals surface area contributed by atoms with Gasteiger partial charge in [0.05, 0.1) is 0 Å². The minimum atomic E-state index is 0.787. The molecule has 4 heteroatoms. The maximum Gasteiger partial charge on any atom is 0.173 e. The number of aryl methyl sites for hydroxylation is 2. The first-order chi connectivity index (χ1) is 12.0. The van der Waals surface area contributed by atoms with Gasteiger partial charge in [0.2, 0.25) is 0 Å². The standard InChI is InChI=1S/C21H29N3S/c1-17-11-12-20(18(2)15-17)22-21(25)24(14-8-13-23(3)4)16-19-9-6-5-7-10-19/h5-7,9-12,15H,8,13-14,16H2,1-4H3,(H,22,25). The van der Waals surface area contributed by atoms with Crippen LogP contribution in [-0.4, -0.2) is 42.1 Å². The summed E-state index contributed by atoms with van der Waals surface area (Å²) in [6.45, 7) is 7.04. The molecule has 1 N–H and O–H groups in total. The summed E-state index contributed by atoms with van der Waals surface area (Å²) in [6, 6.07) is 16.9. The van der Waals surface area contributed by atoms with Crippen LogP contribution < -0.4 is 5.32 Å². The maximum atomic E-state index is 5.73. The Hall–Kier alpha value is -1.91. The first-order valence-corrected chi connectivity index (χ1v) is 9.18. The van der Waals surface area contributed by atoms with E-state index in [0.29, 0.717) is 0 Å². The van der Waals surface area contributed by atoms with Crippen molar-refractivity contribution in [3.05, 3.63) is 65.2 Å². The molecule has 0 amide bonds. The van der Waals surface area contributed by atoms with Crippen LogP contribution in [0.3, 0.4) is 0 Å². The minimum absolute atomic E-state index is 0.787. The second kappa shape index (κ2) is 9.54. The first-order valence-electron chi connectivity index (χ1n) is 8.77. The van der Waals surface area contributed by atoms with Crippen molar-refractivity contribution in [2.75, 3.05) is 32.5 Å². The zero-order valence-corrected chi connectivity index (χ0v) is 16.6. The normalized spacial score (nSPS) is 10.8. The summed E-state index contributed by atoms with van der Waals surface area (Å²) in [5, 5.41) is 4.23. The Morgan fingerprint density at radius 1 is 1.00 bits per heavy atom. The molecule has 0 heterocycles. The molecule has 0 spiro atoms. The van der Waals surface area contributed by atoms with Crippen molar-refractivity contribution in [1.82, 2.24) is 9.80 Å². The largest absolute Gasteiger partial charge is 0.345 e. The van der Waals surface area contributed by atoms with E-state index in [2.05, 4.69) is 85.5 Å². The SMILES string of the molecule is Cc1ccc(NC(=S)N(CCCN(C)C)Cc2ccccc2)c(C)c1. The van der Waals surface area contributed by atoms with Gasteiger partial charge in [0.1, 0.15) is 0 Å². The number of thiocarbonyl (C=S) groups is 1. The maximum absolute atomic E-state index is 5.73. The van der Waals surface area contributed by atoms with Crippen LogP contribution in [0.1, 0.15) is 23.1 Å². The van der Waals surface area contributed by atoms with Crippen LogP contribution >= 0.6 is 12.2 Å². The molecule has 0 saturated heterocycles. The molecule has 2 aromatic rings. The lowest BCUT2D eigenvalue weighted by Crippen LogP contribution is -2.36. The third-order valence-corrected chi connectivity index (χ3v) is 4.52. The van der Waals surface area contributed by atoms with E-state index in [1.165, 1.54) is 16.7 Å². The third-order valence-electron chi connectivity index (χ3n) is 4.16. The minimum Gasteiger partial charge on any atom is -0.345 e. The number of nitrogens with zero attached hydrogens (tertiary/aromatic N) is 2. The van der Waals surface area contributed by atoms with Crippen molar-refractivity contribution < 1.29 is 0 Å². The van der Waals surface area contributed by atoms with Gasteiger partial charge < -0.3 is 15.1 Å². The zero-order valence-electron chi connectivity index (χ0n) is 15.7. The van der Waals surface area contributed by atoms with Crippen molar-refractivity contribution in [1.29, 1.82) is 0 Å². The van der Waals surface area contributed by atoms with Gasteiger partial charge in [-0.3, -0.25) is 0 Å². The number of rotatable bonds is 7. The highest BCUT2D eigenvalue weighted by molar-refractivity contribution is 7.80. The molecule has 0 unspecified atom stereocenters. The number of benzene rings is 2. The van der Waals surface area contributed by atoms with Gasteiger partial charge in [0.15, 0.2) is 5.11 Å². The van der Waals surface area contributed by atoms with Crippen molar-refractivity contribution in [2.24, 2.45) is 0 Å². The summed E-state index contributed by atoms with van der Waals surface area (Å²) in [6.07, 6.45) is 1.08. The lowest BCUT2D eigenvalue weighted by Gasteiger charge is -2.27. The molecule has 0 bridgehead atoms. The topological polar surface area (TPSA) is 18.5 Å². The molecule has 0 aliphatic heterocycles. The van der Waals surface area contributed by atoms with Gasteiger partial charge in [-0.05, 0) is 70.3 Å². The van der Waals surface area contributed by atoms with E-state index in [0.717, 1.165) is 36.9 Å². The van der Waals surface area contributed by atoms with E-state index in [-0.39, 0.29) is 0 Å². The molecule has 25 heavy (non-hydrogen) atoms. The highest BCUT2D eigenvalue weighted by Crippen LogP contribution is 2.17. The second-order valence-corrected chi connectivity index (χ2v) is 7.20. The highest BCUT2D eigenvalue weighted by atomic mass is 32.1. The van der Waals surface area contributed by atoms with Crippen molar-refractivity contribution >= 4 is 23.0 Å². The van der Waals surface area contributed by atoms with Crippen LogP contribution in [0, 0.1) is 13.8 Å². The van der Waals surface area contributed by atoms with E-state index in [4.69, 9.17) is 12.2 Å². The van der Waals surface area contributed by atoms with E-state index in [9.17, 15) is 0 Å². The summed E-state index contributed by atoms with van der Waals surface area (Å²) < 4.78 is 0. The molecular formula is C21H29N3S. The molecule has 0 aliphatic carbocycles. The molecule has 0 fully saturated rings. The Kier molecular flexibility index (Phi) is 7.41. The Labute approximate surface area is 157 Å². The number of nitrogens with one attached hydrogen (secondary N) is 1. The van der Waals surface area contributed by atoms with Crippen LogP contribution in [0.2, 0.25) is 0 Å². The summed E-state index contributed by atoms with van der Waals surface area (Å²) in [5.41, 5.74) is 4.84. The van der Waals surface area contributed by atoms with Gasteiger partial charge in [-0.1, -0.05) is 48.0 Å². The molecule has 2 rings (SSSR count). The fraction of sp³-hybridized carbons (Fsp3) is 0.381. The lowest BCUT2D eigenvalue weighted by atomic mass is 10.1. The molecule has 0 atom stereocenters. The molecule has 0 saturated carbocycles. The van der Waals surface area contributed by atoms with Gasteiger partial charge >= 0.3 is 0 Å². The summed E-state index contributed by atoms with van der Waals surface area (Å²) >= 11 is 5.73. The predicted molar refractivity (Wildman–Crippen MR) is 112 cm³/mol. The Balaban J connectivity index is 2.07. The van der Waals surface area contributed by atoms with Gasteiger partial charge in [0.25, 0.3) is 0 Å². The molecule has 0 aromatic heterocycles. The van der Waals surface area contributed by atoms with E-state index >= 15 is 0 Å². The molecular weight excluding hydrogens is 326 g/mol. The Morgan fingerprint density at radius 2 is 1.72 bits per heavy atom. The van der Waals surface area contributed by atoms with Crippen LogP contribution in [0.25, 0.3) is 0 Å². The first kappa shape index (κ1) is 19.4. The second-order valence-electron chi connectivity index (χ2n) is 6.81. The predicted octanol–water partition coefficient (Wildman–Crippen LogP) is 4.45. The van der Waals surface area contributed by atoms with E-state index in [1.54, 1.807) is 0 Å². The third kappa shape index (κ3) is 6.48. The summed E-state index contributed by atoms with van der Waals surface area (Å²) in [7, 11) is 4.21. The number of anilines is 1. The van der Waals surface area contributed by atoms with E-state index < -0.39 is 0 Å². The highest BCUT2D eigenvalue weighted by Gasteiger charge is 2.12. The monoisotopic (exact) mass is 355 g/mol. The Morgan fingerprint density at radius 3 is 2.36 bits per heavy atom. The smallest absolute Gasteiger partial charge is 0.173 e. The lowest BCUT2D eigenvalue weighted by molar-refractivity contribution is 0.346. The molecule has 134 valence electrons. The van der Waals surface area contributed by atoms with Crippen molar-refractivity contribution in [3.63, 3.8) is 0 Å². The quantitative estimate of drug-likeness (QED) is 0.739. The Bertz CT molecular complexity index is 683. The van der Waals surface area contributed by atoms with Crippen LogP contribution in [0.5, 0.6) is 0 Å². The van der Waals surface area contributed by atoms with Gasteiger partial charge in [0, 0.05) is 18.8 Å². The molecule has 3 nitrogen and oxygen atoms in total. The number of hydrogen-bond donors (Lipinski definition) is 1. The molecule has 0 radical (unpaired) electrons. The fourth-order valence-electron chi connectivity index (χ4n) is 2.78. The van der Waals surface area contributed by atoms with Crippen molar-refractivity contribution in [2.45, 2.75) is 26.8 Å². The van der Waals surface area contributed by atoms with Gasteiger partial charge in [-0.2, -0.15) is 0 Å². The number of hydrogen-bond acceptors (Lipinski definition) is 2. The van der Waals surface area contributed by atoms with Gasteiger partial charge in [-0.15, -0.1) is 0 Å². The van der Waals surface area contributed by atoms with Crippen molar-refractivity contribution in [3.8, 4) is 0 Å². The molecule has 0 aliphatic rings. The average molecular weight is 356 g/mol. The van der Waals surface area contributed by atoms with Crippen LogP contribution in [0.15, 0.2) is 48.5 Å². The summed E-state index contributed by atoms with van der Waals surface area (Å²) in [4.78, 5) is 4.47. The van der Waals surface area contributed by atoms with Gasteiger partial charge in [-0.25, -0.2) is 0 Å². The van der Waals surface area contributed by atoms with Crippen LogP contribution in [-0.2, 0) is 6.54 Å². The molecule has 2 aromatic carbocycles. The average Bonchev–Trinajstić information content (AvgIpc) is 2.57. The van der Waals surface area contributed by atoms with Crippen LogP contribution in [0.4, 0.5) is 5.69 Å². The summed E-state index contributed by atoms with van der Waals surface area (Å²) in [5.74, 6) is 0.